The van der Waals surface area contributed by atoms with E-state index in [0.29, 0.717) is 49.7 Å². The van der Waals surface area contributed by atoms with Crippen molar-refractivity contribution < 1.29 is 19.5 Å². The Hall–Kier alpha value is -3.83. The molecule has 0 amide bonds. The zero-order chi connectivity index (χ0) is 27.4. The second-order valence-electron chi connectivity index (χ2n) is 9.97. The molecule has 1 fully saturated rings. The first-order valence-electron chi connectivity index (χ1n) is 13.4. The highest BCUT2D eigenvalue weighted by Gasteiger charge is 2.48. The van der Waals surface area contributed by atoms with Gasteiger partial charge in [0, 0.05) is 36.9 Å². The third-order valence-electron chi connectivity index (χ3n) is 7.73. The summed E-state index contributed by atoms with van der Waals surface area (Å²) in [6.45, 7) is 5.28. The maximum atomic E-state index is 13.3. The minimum Gasteiger partial charge on any atom is -0.433 e. The lowest BCUT2D eigenvalue weighted by molar-refractivity contribution is -0.176. The van der Waals surface area contributed by atoms with Crippen molar-refractivity contribution in [3.05, 3.63) is 70.9 Å². The molecule has 5 rings (SSSR count). The van der Waals surface area contributed by atoms with Crippen molar-refractivity contribution in [2.24, 2.45) is 0 Å². The first kappa shape index (κ1) is 26.8. The van der Waals surface area contributed by atoms with Crippen LogP contribution in [-0.4, -0.2) is 67.1 Å². The van der Waals surface area contributed by atoms with E-state index in [-0.39, 0.29) is 24.8 Å². The van der Waals surface area contributed by atoms with Crippen LogP contribution in [0.1, 0.15) is 51.2 Å². The van der Waals surface area contributed by atoms with E-state index < -0.39 is 17.8 Å². The van der Waals surface area contributed by atoms with E-state index in [1.807, 2.05) is 30.3 Å². The second kappa shape index (κ2) is 11.5. The minimum absolute atomic E-state index is 0.0668. The number of anilines is 1. The van der Waals surface area contributed by atoms with Gasteiger partial charge in [-0.2, -0.15) is 0 Å². The van der Waals surface area contributed by atoms with Gasteiger partial charge in [-0.15, -0.1) is 5.06 Å². The summed E-state index contributed by atoms with van der Waals surface area (Å²) < 4.78 is 6.68. The number of rotatable bonds is 7. The molecule has 39 heavy (non-hydrogen) atoms. The molecule has 2 unspecified atom stereocenters. The molecular weight excluding hydrogens is 500 g/mol. The van der Waals surface area contributed by atoms with Gasteiger partial charge < -0.3 is 19.6 Å². The monoisotopic (exact) mass is 534 g/mol. The summed E-state index contributed by atoms with van der Waals surface area (Å²) in [5, 5.41) is 13.1. The van der Waals surface area contributed by atoms with E-state index in [9.17, 15) is 14.7 Å². The molecule has 206 valence electrons. The van der Waals surface area contributed by atoms with Crippen LogP contribution in [-0.2, 0) is 16.1 Å². The molecule has 0 saturated carbocycles. The fourth-order valence-electron chi connectivity index (χ4n) is 5.70. The van der Waals surface area contributed by atoms with Gasteiger partial charge in [-0.25, -0.2) is 19.7 Å². The number of hydrogen-bond acceptors (Lipinski definition) is 10. The summed E-state index contributed by atoms with van der Waals surface area (Å²) in [6.07, 6.45) is 4.29. The number of ether oxygens (including phenoxy) is 1. The van der Waals surface area contributed by atoms with E-state index >= 15 is 0 Å². The predicted octanol–water partition coefficient (Wildman–Crippen LogP) is 3.35. The third kappa shape index (κ3) is 5.50. The van der Waals surface area contributed by atoms with Crippen molar-refractivity contribution in [3.8, 4) is 11.4 Å². The zero-order valence-electron chi connectivity index (χ0n) is 22.3. The van der Waals surface area contributed by atoms with Gasteiger partial charge in [-0.1, -0.05) is 37.3 Å². The third-order valence-corrected chi connectivity index (χ3v) is 7.73. The van der Waals surface area contributed by atoms with Crippen molar-refractivity contribution >= 4 is 12.1 Å². The van der Waals surface area contributed by atoms with Gasteiger partial charge in [0.15, 0.2) is 0 Å². The number of aromatic nitrogens is 4. The van der Waals surface area contributed by atoms with Gasteiger partial charge >= 0.3 is 6.16 Å². The Balaban J connectivity index is 1.54. The fraction of sp³-hybridized carbons (Fsp3) is 0.464. The molecule has 0 aliphatic carbocycles. The van der Waals surface area contributed by atoms with Gasteiger partial charge in [0.1, 0.15) is 6.33 Å². The van der Waals surface area contributed by atoms with Gasteiger partial charge in [0.05, 0.1) is 30.6 Å². The van der Waals surface area contributed by atoms with Crippen LogP contribution in [0.3, 0.4) is 0 Å². The standard InChI is InChI=1S/C28H34N6O5/c1-3-21-17-28(12-15-34(21)39-27(37)38-4-2)11-14-32-25(36)16-23(22-10-13-29-19-30-22)31-26(32)33(28)18-24(35)20-8-6-5-7-9-20/h5-10,13,16,19,21,24,35H,3-4,11-12,14-15,17-18H2,1-2H3/t21?,24-,28?/m1/s1. The van der Waals surface area contributed by atoms with Crippen LogP contribution in [0.5, 0.6) is 0 Å². The van der Waals surface area contributed by atoms with Gasteiger partial charge in [0.2, 0.25) is 5.95 Å². The molecule has 0 radical (unpaired) electrons. The Morgan fingerprint density at radius 3 is 2.67 bits per heavy atom. The van der Waals surface area contributed by atoms with E-state index in [4.69, 9.17) is 14.6 Å². The average molecular weight is 535 g/mol. The van der Waals surface area contributed by atoms with E-state index in [1.54, 1.807) is 28.8 Å². The summed E-state index contributed by atoms with van der Waals surface area (Å²) in [5.74, 6) is 0.506. The highest BCUT2D eigenvalue weighted by molar-refractivity contribution is 5.59. The number of β-amino-alcohol motifs (C(OH)–C–C–N with tert-alkyl or cyclic N) is 1. The van der Waals surface area contributed by atoms with E-state index in [2.05, 4.69) is 21.8 Å². The fourth-order valence-corrected chi connectivity index (χ4v) is 5.70. The second-order valence-corrected chi connectivity index (χ2v) is 9.97. The number of carbonyl (C=O) groups is 1. The largest absolute Gasteiger partial charge is 0.527 e. The summed E-state index contributed by atoms with van der Waals surface area (Å²) in [5.41, 5.74) is 1.22. The Morgan fingerprint density at radius 2 is 1.95 bits per heavy atom. The predicted molar refractivity (Wildman–Crippen MR) is 144 cm³/mol. The number of piperidine rings is 1. The minimum atomic E-state index is -0.803. The lowest BCUT2D eigenvalue weighted by Crippen LogP contribution is -2.63. The smallest absolute Gasteiger partial charge is 0.433 e. The van der Waals surface area contributed by atoms with Crippen molar-refractivity contribution in [1.82, 2.24) is 24.6 Å². The van der Waals surface area contributed by atoms with Crippen LogP contribution in [0.4, 0.5) is 10.7 Å². The van der Waals surface area contributed by atoms with Gasteiger partial charge in [-0.3, -0.25) is 9.36 Å². The van der Waals surface area contributed by atoms with Crippen LogP contribution < -0.4 is 10.5 Å². The van der Waals surface area contributed by atoms with Crippen molar-refractivity contribution in [2.45, 2.75) is 63.8 Å². The SMILES string of the molecule is CCOC(=O)ON1CCC2(CCn3c(nc(-c4ccncn4)cc3=O)N2C[C@@H](O)c2ccccc2)CC1CC. The van der Waals surface area contributed by atoms with E-state index in [0.717, 1.165) is 12.0 Å². The molecule has 1 spiro atoms. The molecule has 1 N–H and O–H groups in total. The molecule has 11 nitrogen and oxygen atoms in total. The number of aliphatic hydroxyl groups excluding tert-OH is 1. The average Bonchev–Trinajstić information content (AvgIpc) is 2.96. The topological polar surface area (TPSA) is 123 Å². The van der Waals surface area contributed by atoms with E-state index in [1.165, 1.54) is 12.4 Å². The Bertz CT molecular complexity index is 1340. The molecule has 2 aliphatic rings. The first-order chi connectivity index (χ1) is 18.9. The van der Waals surface area contributed by atoms with Crippen molar-refractivity contribution in [2.75, 3.05) is 24.6 Å². The molecular formula is C28H34N6O5. The lowest BCUT2D eigenvalue weighted by atomic mass is 9.77. The summed E-state index contributed by atoms with van der Waals surface area (Å²) in [4.78, 5) is 46.2. The molecule has 2 aromatic heterocycles. The highest BCUT2D eigenvalue weighted by atomic mass is 16.8. The number of hydrogen-bond donors (Lipinski definition) is 1. The van der Waals surface area contributed by atoms with Crippen molar-refractivity contribution in [3.63, 3.8) is 0 Å². The number of nitrogens with zero attached hydrogens (tertiary/aromatic N) is 6. The highest BCUT2D eigenvalue weighted by Crippen LogP contribution is 2.43. The molecule has 3 aromatic rings. The van der Waals surface area contributed by atoms with Crippen LogP contribution in [0.25, 0.3) is 11.4 Å². The molecule has 2 aliphatic heterocycles. The molecule has 3 atom stereocenters. The summed E-state index contributed by atoms with van der Waals surface area (Å²) >= 11 is 0. The Kier molecular flexibility index (Phi) is 7.89. The van der Waals surface area contributed by atoms with Crippen molar-refractivity contribution in [1.29, 1.82) is 0 Å². The zero-order valence-corrected chi connectivity index (χ0v) is 22.3. The number of benzene rings is 1. The number of hydroxylamine groups is 2. The molecule has 4 heterocycles. The van der Waals surface area contributed by atoms with Crippen LogP contribution in [0.2, 0.25) is 0 Å². The Morgan fingerprint density at radius 1 is 1.15 bits per heavy atom. The first-order valence-corrected chi connectivity index (χ1v) is 13.4. The van der Waals surface area contributed by atoms with Crippen LogP contribution in [0.15, 0.2) is 59.8 Å². The molecule has 11 heteroatoms. The summed E-state index contributed by atoms with van der Waals surface area (Å²) in [6, 6.07) is 12.6. The maximum Gasteiger partial charge on any atom is 0.527 e. The molecule has 1 saturated heterocycles. The number of fused-ring (bicyclic) bond motifs is 1. The molecule has 0 bridgehead atoms. The number of aliphatic hydroxyl groups is 1. The summed E-state index contributed by atoms with van der Waals surface area (Å²) in [7, 11) is 0. The quantitative estimate of drug-likeness (QED) is 0.452. The van der Waals surface area contributed by atoms with Crippen LogP contribution >= 0.6 is 0 Å². The van der Waals surface area contributed by atoms with Crippen LogP contribution in [0, 0.1) is 0 Å². The number of carbonyl (C=O) groups excluding carboxylic acids is 1. The van der Waals surface area contributed by atoms with Gasteiger partial charge in [0.25, 0.3) is 5.56 Å². The maximum absolute atomic E-state index is 13.3. The Labute approximate surface area is 227 Å². The normalized spacial score (nSPS) is 21.8. The lowest BCUT2D eigenvalue weighted by Gasteiger charge is -2.54. The van der Waals surface area contributed by atoms with Gasteiger partial charge in [-0.05, 0) is 44.2 Å². The molecule has 1 aromatic carbocycles.